The fourth-order valence-corrected chi connectivity index (χ4v) is 2.68. The van der Waals surface area contributed by atoms with E-state index >= 15 is 0 Å². The van der Waals surface area contributed by atoms with E-state index in [2.05, 4.69) is 0 Å². The van der Waals surface area contributed by atoms with E-state index in [0.717, 1.165) is 25.1 Å². The van der Waals surface area contributed by atoms with Gasteiger partial charge in [0.2, 0.25) is 10.0 Å². The monoisotopic (exact) mass is 327 g/mol. The topological polar surface area (TPSA) is 104 Å². The molecular weight excluding hydrogens is 315 g/mol. The van der Waals surface area contributed by atoms with Crippen LogP contribution in [0.5, 0.6) is 0 Å². The molecule has 0 bridgehead atoms. The van der Waals surface area contributed by atoms with Gasteiger partial charge in [-0.1, -0.05) is 12.1 Å². The summed E-state index contributed by atoms with van der Waals surface area (Å²) in [4.78, 5) is 9.59. The molecule has 0 saturated heterocycles. The van der Waals surface area contributed by atoms with Crippen LogP contribution in [0.25, 0.3) is 0 Å². The van der Waals surface area contributed by atoms with Crippen LogP contribution in [0, 0.1) is 0 Å². The maximum Gasteiger partial charge on any atom is 0.417 e. The maximum atomic E-state index is 12.7. The van der Waals surface area contributed by atoms with Crippen molar-refractivity contribution in [3.8, 4) is 0 Å². The molecule has 0 saturated carbocycles. The van der Waals surface area contributed by atoms with Gasteiger partial charge in [0.05, 0.1) is 17.0 Å². The fraction of sp³-hybridized carbons (Fsp3) is 0.364. The molecule has 0 fully saturated rings. The number of hydrogen-bond acceptors (Lipinski definition) is 4. The quantitative estimate of drug-likeness (QED) is 0.743. The van der Waals surface area contributed by atoms with Crippen molar-refractivity contribution in [1.29, 1.82) is 0 Å². The summed E-state index contributed by atoms with van der Waals surface area (Å²) in [5, 5.41) is 18.0. The number of sulfonamides is 1. The van der Waals surface area contributed by atoms with Crippen LogP contribution >= 0.6 is 0 Å². The minimum atomic E-state index is -4.89. The van der Waals surface area contributed by atoms with Gasteiger partial charge in [0.15, 0.2) is 5.60 Å². The normalized spacial score (nSPS) is 15.5. The highest BCUT2D eigenvalue weighted by Crippen LogP contribution is 2.33. The van der Waals surface area contributed by atoms with E-state index in [0.29, 0.717) is 6.07 Å². The van der Waals surface area contributed by atoms with Gasteiger partial charge in [-0.3, -0.25) is 0 Å². The third-order valence-corrected chi connectivity index (χ3v) is 4.01. The predicted molar refractivity (Wildman–Crippen MR) is 64.9 cm³/mol. The number of nitrogens with one attached hydrogen (secondary N) is 1. The van der Waals surface area contributed by atoms with E-state index in [1.165, 1.54) is 0 Å². The Kier molecular flexibility index (Phi) is 4.66. The van der Waals surface area contributed by atoms with Gasteiger partial charge in [-0.05, 0) is 19.1 Å². The van der Waals surface area contributed by atoms with E-state index in [4.69, 9.17) is 5.11 Å². The zero-order valence-corrected chi connectivity index (χ0v) is 11.5. The lowest BCUT2D eigenvalue weighted by Crippen LogP contribution is -2.46. The smallest absolute Gasteiger partial charge is 0.417 e. The second-order valence-corrected chi connectivity index (χ2v) is 6.13. The number of carboxylic acids is 1. The Hall–Kier alpha value is -1.65. The zero-order valence-electron chi connectivity index (χ0n) is 10.7. The van der Waals surface area contributed by atoms with Crippen LogP contribution in [-0.4, -0.2) is 36.7 Å². The van der Waals surface area contributed by atoms with Crippen LogP contribution in [0.4, 0.5) is 13.2 Å². The van der Waals surface area contributed by atoms with Crippen molar-refractivity contribution >= 4 is 16.0 Å². The Labute approximate surface area is 118 Å². The molecule has 1 rings (SSSR count). The van der Waals surface area contributed by atoms with E-state index in [1.807, 2.05) is 0 Å². The summed E-state index contributed by atoms with van der Waals surface area (Å²) in [5.41, 5.74) is -3.83. The Balaban J connectivity index is 3.14. The Bertz CT molecular complexity index is 640. The fourth-order valence-electron chi connectivity index (χ4n) is 1.32. The van der Waals surface area contributed by atoms with E-state index < -0.39 is 44.8 Å². The average Bonchev–Trinajstić information content (AvgIpc) is 2.35. The first-order valence-electron chi connectivity index (χ1n) is 5.49. The maximum absolute atomic E-state index is 12.7. The average molecular weight is 327 g/mol. The number of carbonyl (C=O) groups is 1. The molecule has 1 unspecified atom stereocenters. The first-order chi connectivity index (χ1) is 9.38. The molecule has 118 valence electrons. The van der Waals surface area contributed by atoms with Gasteiger partial charge in [0, 0.05) is 0 Å². The number of halogens is 3. The minimum absolute atomic E-state index is 0.587. The van der Waals surface area contributed by atoms with E-state index in [9.17, 15) is 31.5 Å². The van der Waals surface area contributed by atoms with Crippen LogP contribution in [0.15, 0.2) is 29.2 Å². The van der Waals surface area contributed by atoms with Crippen LogP contribution in [-0.2, 0) is 21.0 Å². The molecule has 1 aromatic carbocycles. The molecule has 10 heteroatoms. The lowest BCUT2D eigenvalue weighted by atomic mass is 10.1. The van der Waals surface area contributed by atoms with E-state index in [1.54, 1.807) is 4.72 Å². The molecule has 0 aliphatic carbocycles. The lowest BCUT2D eigenvalue weighted by molar-refractivity contribution is -0.155. The summed E-state index contributed by atoms with van der Waals surface area (Å²) in [5.74, 6) is -1.71. The second-order valence-electron chi connectivity index (χ2n) is 4.40. The molecule has 0 aliphatic rings. The van der Waals surface area contributed by atoms with Gasteiger partial charge in [-0.15, -0.1) is 0 Å². The first kappa shape index (κ1) is 17.4. The summed E-state index contributed by atoms with van der Waals surface area (Å²) in [7, 11) is -4.63. The highest BCUT2D eigenvalue weighted by Gasteiger charge is 2.38. The van der Waals surface area contributed by atoms with Crippen molar-refractivity contribution in [3.05, 3.63) is 29.8 Å². The summed E-state index contributed by atoms with van der Waals surface area (Å²) in [6.07, 6.45) is -4.89. The number of hydrogen-bond donors (Lipinski definition) is 3. The minimum Gasteiger partial charge on any atom is -0.479 e. The molecule has 0 aromatic heterocycles. The summed E-state index contributed by atoms with van der Waals surface area (Å²) in [6, 6.07) is 3.44. The Morgan fingerprint density at radius 2 is 1.81 bits per heavy atom. The van der Waals surface area contributed by atoms with Crippen molar-refractivity contribution in [1.82, 2.24) is 4.72 Å². The molecule has 0 radical (unpaired) electrons. The zero-order chi connectivity index (χ0) is 16.5. The van der Waals surface area contributed by atoms with Gasteiger partial charge in [-0.25, -0.2) is 17.9 Å². The van der Waals surface area contributed by atoms with Crippen LogP contribution < -0.4 is 4.72 Å². The molecule has 0 aliphatic heterocycles. The summed E-state index contributed by atoms with van der Waals surface area (Å²) < 4.78 is 63.6. The number of rotatable bonds is 5. The van der Waals surface area contributed by atoms with Crippen molar-refractivity contribution < 1.29 is 36.6 Å². The van der Waals surface area contributed by atoms with Gasteiger partial charge in [0.25, 0.3) is 0 Å². The molecule has 0 amide bonds. The number of alkyl halides is 3. The van der Waals surface area contributed by atoms with Crippen LogP contribution in [0.2, 0.25) is 0 Å². The van der Waals surface area contributed by atoms with Crippen molar-refractivity contribution in [2.75, 3.05) is 6.54 Å². The number of aliphatic hydroxyl groups is 1. The molecule has 1 atom stereocenters. The largest absolute Gasteiger partial charge is 0.479 e. The van der Waals surface area contributed by atoms with Crippen molar-refractivity contribution in [2.24, 2.45) is 0 Å². The predicted octanol–water partition coefficient (Wildman–Crippen LogP) is 0.819. The Morgan fingerprint density at radius 1 is 1.29 bits per heavy atom. The molecular formula is C11H12F3NO5S. The molecule has 6 nitrogen and oxygen atoms in total. The number of carboxylic acid groups (broad SMARTS) is 1. The van der Waals surface area contributed by atoms with Gasteiger partial charge >= 0.3 is 12.1 Å². The van der Waals surface area contributed by atoms with Gasteiger partial charge < -0.3 is 10.2 Å². The van der Waals surface area contributed by atoms with Crippen molar-refractivity contribution in [3.63, 3.8) is 0 Å². The standard InChI is InChI=1S/C11H12F3NO5S/c1-10(18,9(16)17)6-15-21(19,20)8-5-3-2-4-7(8)11(12,13)14/h2-5,15,18H,6H2,1H3,(H,16,17). The third kappa shape index (κ3) is 4.16. The van der Waals surface area contributed by atoms with Crippen molar-refractivity contribution in [2.45, 2.75) is 23.6 Å². The highest BCUT2D eigenvalue weighted by molar-refractivity contribution is 7.89. The Morgan fingerprint density at radius 3 is 2.29 bits per heavy atom. The van der Waals surface area contributed by atoms with Crippen LogP contribution in [0.1, 0.15) is 12.5 Å². The molecule has 21 heavy (non-hydrogen) atoms. The van der Waals surface area contributed by atoms with Gasteiger partial charge in [-0.2, -0.15) is 13.2 Å². The SMILES string of the molecule is CC(O)(CNS(=O)(=O)c1ccccc1C(F)(F)F)C(=O)O. The third-order valence-electron chi connectivity index (χ3n) is 2.55. The highest BCUT2D eigenvalue weighted by atomic mass is 32.2. The molecule has 3 N–H and O–H groups in total. The number of aliphatic carboxylic acids is 1. The van der Waals surface area contributed by atoms with Crippen LogP contribution in [0.3, 0.4) is 0 Å². The summed E-state index contributed by atoms with van der Waals surface area (Å²) >= 11 is 0. The lowest BCUT2D eigenvalue weighted by Gasteiger charge is -2.19. The summed E-state index contributed by atoms with van der Waals surface area (Å²) in [6.45, 7) is -0.162. The van der Waals surface area contributed by atoms with Gasteiger partial charge in [0.1, 0.15) is 0 Å². The second kappa shape index (κ2) is 5.62. The first-order valence-corrected chi connectivity index (χ1v) is 6.98. The van der Waals surface area contributed by atoms with E-state index in [-0.39, 0.29) is 0 Å². The molecule has 0 spiro atoms. The molecule has 1 aromatic rings. The molecule has 0 heterocycles. The number of benzene rings is 1.